The van der Waals surface area contributed by atoms with Gasteiger partial charge in [-0.2, -0.15) is 15.0 Å². The van der Waals surface area contributed by atoms with Crippen molar-refractivity contribution >= 4 is 17.5 Å². The number of ether oxygens (including phenoxy) is 1. The lowest BCUT2D eigenvalue weighted by molar-refractivity contribution is 0.291. The van der Waals surface area contributed by atoms with E-state index in [-0.39, 0.29) is 5.28 Å². The van der Waals surface area contributed by atoms with Crippen molar-refractivity contribution in [3.05, 3.63) is 5.28 Å². The quantitative estimate of drug-likeness (QED) is 0.899. The average Bonchev–Trinajstić information content (AvgIpc) is 2.38. The molecule has 0 bridgehead atoms. The largest absolute Gasteiger partial charge is 0.463 e. The molecule has 106 valence electrons. The van der Waals surface area contributed by atoms with Crippen LogP contribution in [0.3, 0.4) is 0 Å². The lowest BCUT2D eigenvalue weighted by atomic mass is 9.87. The zero-order chi connectivity index (χ0) is 13.7. The van der Waals surface area contributed by atoms with E-state index >= 15 is 0 Å². The Balaban J connectivity index is 1.97. The summed E-state index contributed by atoms with van der Waals surface area (Å²) < 4.78 is 5.40. The van der Waals surface area contributed by atoms with E-state index in [1.165, 1.54) is 12.8 Å². The summed E-state index contributed by atoms with van der Waals surface area (Å²) in [6.45, 7) is 4.92. The molecule has 0 amide bonds. The van der Waals surface area contributed by atoms with Crippen LogP contribution in [-0.4, -0.2) is 27.6 Å². The highest BCUT2D eigenvalue weighted by Gasteiger charge is 2.19. The van der Waals surface area contributed by atoms with Gasteiger partial charge >= 0.3 is 6.01 Å². The molecular weight excluding hydrogens is 264 g/mol. The predicted molar refractivity (Wildman–Crippen MR) is 75.7 cm³/mol. The van der Waals surface area contributed by atoms with Crippen molar-refractivity contribution in [1.29, 1.82) is 0 Å². The van der Waals surface area contributed by atoms with Gasteiger partial charge < -0.3 is 10.1 Å². The van der Waals surface area contributed by atoms with Crippen LogP contribution in [-0.2, 0) is 0 Å². The summed E-state index contributed by atoms with van der Waals surface area (Å²) in [5.74, 6) is 1.34. The number of nitrogens with zero attached hydrogens (tertiary/aromatic N) is 3. The van der Waals surface area contributed by atoms with Gasteiger partial charge in [-0.25, -0.2) is 0 Å². The third-order valence-corrected chi connectivity index (χ3v) is 3.54. The summed E-state index contributed by atoms with van der Waals surface area (Å²) in [5.41, 5.74) is 0. The molecule has 1 heterocycles. The monoisotopic (exact) mass is 284 g/mol. The summed E-state index contributed by atoms with van der Waals surface area (Å²) in [6.07, 6.45) is 5.70. The molecule has 5 nitrogen and oxygen atoms in total. The van der Waals surface area contributed by atoms with E-state index in [0.717, 1.165) is 25.2 Å². The molecule has 1 saturated carbocycles. The third kappa shape index (κ3) is 4.49. The van der Waals surface area contributed by atoms with Gasteiger partial charge in [0.15, 0.2) is 0 Å². The second kappa shape index (κ2) is 6.89. The molecule has 1 aromatic rings. The van der Waals surface area contributed by atoms with E-state index in [1.54, 1.807) is 0 Å². The third-order valence-electron chi connectivity index (χ3n) is 3.37. The van der Waals surface area contributed by atoms with Gasteiger partial charge in [-0.05, 0) is 49.6 Å². The molecule has 0 saturated heterocycles. The number of aromatic nitrogens is 3. The molecular formula is C13H21ClN4O. The number of rotatable bonds is 5. The number of hydrogen-bond acceptors (Lipinski definition) is 5. The van der Waals surface area contributed by atoms with Crippen LogP contribution in [0.1, 0.15) is 46.0 Å². The molecule has 2 rings (SSSR count). The number of nitrogens with one attached hydrogen (secondary N) is 1. The summed E-state index contributed by atoms with van der Waals surface area (Å²) in [4.78, 5) is 12.3. The van der Waals surface area contributed by atoms with Crippen LogP contribution in [0.15, 0.2) is 0 Å². The Kier molecular flexibility index (Phi) is 5.19. The van der Waals surface area contributed by atoms with Crippen molar-refractivity contribution < 1.29 is 4.74 Å². The zero-order valence-electron chi connectivity index (χ0n) is 11.5. The van der Waals surface area contributed by atoms with E-state index in [4.69, 9.17) is 16.3 Å². The van der Waals surface area contributed by atoms with E-state index in [0.29, 0.717) is 24.6 Å². The smallest absolute Gasteiger partial charge is 0.322 e. The summed E-state index contributed by atoms with van der Waals surface area (Å²) in [5, 5.41) is 3.51. The Morgan fingerprint density at radius 3 is 2.63 bits per heavy atom. The van der Waals surface area contributed by atoms with Crippen molar-refractivity contribution in [3.63, 3.8) is 0 Å². The van der Waals surface area contributed by atoms with Gasteiger partial charge in [-0.3, -0.25) is 0 Å². The van der Waals surface area contributed by atoms with E-state index in [1.807, 2.05) is 6.92 Å². The number of halogens is 1. The summed E-state index contributed by atoms with van der Waals surface area (Å²) in [7, 11) is 0. The second-order valence-electron chi connectivity index (χ2n) is 5.16. The highest BCUT2D eigenvalue weighted by molar-refractivity contribution is 6.28. The first-order valence-corrected chi connectivity index (χ1v) is 7.36. The molecule has 1 fully saturated rings. The van der Waals surface area contributed by atoms with Crippen LogP contribution in [0.25, 0.3) is 0 Å². The maximum Gasteiger partial charge on any atom is 0.322 e. The van der Waals surface area contributed by atoms with Crippen LogP contribution >= 0.6 is 11.6 Å². The minimum absolute atomic E-state index is 0.174. The molecule has 1 N–H and O–H groups in total. The molecule has 1 aliphatic rings. The fraction of sp³-hybridized carbons (Fsp3) is 0.769. The fourth-order valence-corrected chi connectivity index (χ4v) is 2.39. The van der Waals surface area contributed by atoms with Gasteiger partial charge in [-0.15, -0.1) is 0 Å². The minimum atomic E-state index is 0.174. The zero-order valence-corrected chi connectivity index (χ0v) is 12.3. The Morgan fingerprint density at radius 2 is 1.95 bits per heavy atom. The van der Waals surface area contributed by atoms with Crippen molar-refractivity contribution in [2.75, 3.05) is 11.9 Å². The standard InChI is InChI=1S/C13H21ClN4O/c1-3-8-19-13-17-11(14)16-12(18-13)15-10-6-4-9(2)5-7-10/h9-10H,3-8H2,1-2H3,(H,15,16,17,18). The molecule has 0 unspecified atom stereocenters. The van der Waals surface area contributed by atoms with Crippen LogP contribution in [0.4, 0.5) is 5.95 Å². The minimum Gasteiger partial charge on any atom is -0.463 e. The lowest BCUT2D eigenvalue weighted by Gasteiger charge is -2.26. The predicted octanol–water partition coefficient (Wildman–Crippen LogP) is 3.30. The van der Waals surface area contributed by atoms with E-state index in [9.17, 15) is 0 Å². The Morgan fingerprint density at radius 1 is 1.21 bits per heavy atom. The first-order valence-electron chi connectivity index (χ1n) is 6.98. The van der Waals surface area contributed by atoms with Crippen LogP contribution in [0, 0.1) is 5.92 Å². The topological polar surface area (TPSA) is 59.9 Å². The Labute approximate surface area is 119 Å². The fourth-order valence-electron chi connectivity index (χ4n) is 2.24. The molecule has 1 aliphatic carbocycles. The second-order valence-corrected chi connectivity index (χ2v) is 5.50. The first-order chi connectivity index (χ1) is 9.17. The summed E-state index contributed by atoms with van der Waals surface area (Å²) in [6, 6.07) is 0.724. The van der Waals surface area contributed by atoms with Gasteiger partial charge in [0.25, 0.3) is 0 Å². The Hall–Kier alpha value is -1.10. The SMILES string of the molecule is CCCOc1nc(Cl)nc(NC2CCC(C)CC2)n1. The maximum absolute atomic E-state index is 5.89. The molecule has 0 spiro atoms. The molecule has 0 aromatic carbocycles. The van der Waals surface area contributed by atoms with Gasteiger partial charge in [0.05, 0.1) is 6.61 Å². The van der Waals surface area contributed by atoms with Crippen LogP contribution in [0.2, 0.25) is 5.28 Å². The molecule has 19 heavy (non-hydrogen) atoms. The van der Waals surface area contributed by atoms with Gasteiger partial charge in [0.1, 0.15) is 0 Å². The van der Waals surface area contributed by atoms with Crippen LogP contribution in [0.5, 0.6) is 6.01 Å². The number of hydrogen-bond donors (Lipinski definition) is 1. The van der Waals surface area contributed by atoms with E-state index < -0.39 is 0 Å². The lowest BCUT2D eigenvalue weighted by Crippen LogP contribution is -2.26. The summed E-state index contributed by atoms with van der Waals surface area (Å²) >= 11 is 5.89. The van der Waals surface area contributed by atoms with E-state index in [2.05, 4.69) is 27.2 Å². The van der Waals surface area contributed by atoms with Gasteiger partial charge in [0, 0.05) is 6.04 Å². The van der Waals surface area contributed by atoms with Crippen molar-refractivity contribution in [2.24, 2.45) is 5.92 Å². The van der Waals surface area contributed by atoms with Crippen molar-refractivity contribution in [1.82, 2.24) is 15.0 Å². The first kappa shape index (κ1) is 14.3. The van der Waals surface area contributed by atoms with Crippen molar-refractivity contribution in [2.45, 2.75) is 52.0 Å². The number of anilines is 1. The maximum atomic E-state index is 5.89. The Bertz CT molecular complexity index is 408. The molecule has 0 atom stereocenters. The highest BCUT2D eigenvalue weighted by atomic mass is 35.5. The van der Waals surface area contributed by atoms with Crippen LogP contribution < -0.4 is 10.1 Å². The van der Waals surface area contributed by atoms with Crippen molar-refractivity contribution in [3.8, 4) is 6.01 Å². The molecule has 0 radical (unpaired) electrons. The molecule has 1 aromatic heterocycles. The highest BCUT2D eigenvalue weighted by Crippen LogP contribution is 2.25. The molecule has 6 heteroatoms. The molecule has 0 aliphatic heterocycles. The van der Waals surface area contributed by atoms with Gasteiger partial charge in [0.2, 0.25) is 11.2 Å². The normalized spacial score (nSPS) is 23.1. The average molecular weight is 285 g/mol. The van der Waals surface area contributed by atoms with Gasteiger partial charge in [-0.1, -0.05) is 13.8 Å².